The van der Waals surface area contributed by atoms with Crippen LogP contribution in [0.3, 0.4) is 0 Å². The van der Waals surface area contributed by atoms with Gasteiger partial charge in [-0.05, 0) is 19.9 Å². The number of likely N-dealkylation sites (N-methyl/N-ethyl adjacent to an activating group) is 1. The second kappa shape index (κ2) is 7.94. The highest BCUT2D eigenvalue weighted by Crippen LogP contribution is 2.21. The van der Waals surface area contributed by atoms with Crippen molar-refractivity contribution in [1.29, 1.82) is 0 Å². The van der Waals surface area contributed by atoms with Crippen molar-refractivity contribution >= 4 is 18.3 Å². The monoisotopic (exact) mass is 327 g/mol. The summed E-state index contributed by atoms with van der Waals surface area (Å²) in [7, 11) is 2.16. The second-order valence-electron chi connectivity index (χ2n) is 6.13. The van der Waals surface area contributed by atoms with Crippen LogP contribution in [0.15, 0.2) is 0 Å². The Hall–Kier alpha value is -1.11. The van der Waals surface area contributed by atoms with E-state index in [9.17, 15) is 4.79 Å². The first-order valence-corrected chi connectivity index (χ1v) is 8.01. The Balaban J connectivity index is 0.00000176. The van der Waals surface area contributed by atoms with Gasteiger partial charge in [0.05, 0.1) is 0 Å². The molecule has 124 valence electrons. The summed E-state index contributed by atoms with van der Waals surface area (Å²) in [6, 6.07) is 0.698. The average Bonchev–Trinajstić information content (AvgIpc) is 3.16. The minimum Gasteiger partial charge on any atom is -0.349 e. The van der Waals surface area contributed by atoms with Crippen LogP contribution in [0.5, 0.6) is 0 Å². The fourth-order valence-electron chi connectivity index (χ4n) is 3.37. The highest BCUT2D eigenvalue weighted by atomic mass is 35.5. The van der Waals surface area contributed by atoms with Crippen molar-refractivity contribution in [3.63, 3.8) is 0 Å². The molecule has 3 N–H and O–H groups in total. The van der Waals surface area contributed by atoms with Gasteiger partial charge < -0.3 is 15.5 Å². The molecule has 0 radical (unpaired) electrons. The fourth-order valence-corrected chi connectivity index (χ4v) is 3.37. The van der Waals surface area contributed by atoms with E-state index in [4.69, 9.17) is 0 Å². The Kier molecular flexibility index (Phi) is 6.23. The van der Waals surface area contributed by atoms with E-state index in [0.717, 1.165) is 37.3 Å². The normalized spacial score (nSPS) is 18.1. The Morgan fingerprint density at radius 3 is 2.95 bits per heavy atom. The number of nitrogens with one attached hydrogen (secondary N) is 3. The van der Waals surface area contributed by atoms with Gasteiger partial charge in [0.2, 0.25) is 0 Å². The number of hydrogen-bond acceptors (Lipinski definition) is 4. The lowest BCUT2D eigenvalue weighted by Crippen LogP contribution is -2.38. The van der Waals surface area contributed by atoms with Crippen LogP contribution in [-0.4, -0.2) is 53.7 Å². The van der Waals surface area contributed by atoms with E-state index in [2.05, 4.69) is 32.8 Å². The molecule has 0 atom stereocenters. The van der Waals surface area contributed by atoms with E-state index in [1.165, 1.54) is 25.7 Å². The first-order chi connectivity index (χ1) is 10.3. The second-order valence-corrected chi connectivity index (χ2v) is 6.13. The lowest BCUT2D eigenvalue weighted by Gasteiger charge is -2.23. The number of fused-ring (bicyclic) bond motifs is 1. The van der Waals surface area contributed by atoms with Gasteiger partial charge in [0.1, 0.15) is 0 Å². The van der Waals surface area contributed by atoms with Crippen molar-refractivity contribution in [2.24, 2.45) is 0 Å². The highest BCUT2D eigenvalue weighted by Gasteiger charge is 2.22. The third-order valence-corrected chi connectivity index (χ3v) is 4.72. The van der Waals surface area contributed by atoms with E-state index in [0.29, 0.717) is 18.3 Å². The molecule has 1 aromatic rings. The van der Waals surface area contributed by atoms with Gasteiger partial charge >= 0.3 is 0 Å². The molecule has 2 heterocycles. The number of aromatic amines is 1. The molecule has 1 aliphatic carbocycles. The lowest BCUT2D eigenvalue weighted by molar-refractivity contribution is 0.0941. The molecule has 7 heteroatoms. The van der Waals surface area contributed by atoms with E-state index < -0.39 is 0 Å². The van der Waals surface area contributed by atoms with E-state index >= 15 is 0 Å². The fraction of sp³-hybridized carbons (Fsp3) is 0.733. The maximum atomic E-state index is 12.2. The summed E-state index contributed by atoms with van der Waals surface area (Å²) >= 11 is 0. The van der Waals surface area contributed by atoms with Gasteiger partial charge in [-0.2, -0.15) is 5.10 Å². The molecule has 1 saturated carbocycles. The van der Waals surface area contributed by atoms with Crippen molar-refractivity contribution in [2.45, 2.75) is 44.7 Å². The van der Waals surface area contributed by atoms with Crippen LogP contribution in [0.1, 0.15) is 47.4 Å². The van der Waals surface area contributed by atoms with Gasteiger partial charge in [-0.25, -0.2) is 0 Å². The molecule has 2 aliphatic rings. The number of nitrogens with zero attached hydrogens (tertiary/aromatic N) is 2. The number of carbonyl (C=O) groups excluding carboxylic acids is 1. The van der Waals surface area contributed by atoms with E-state index in [-0.39, 0.29) is 18.3 Å². The van der Waals surface area contributed by atoms with Gasteiger partial charge in [-0.3, -0.25) is 9.89 Å². The molecule has 0 spiro atoms. The molecular weight excluding hydrogens is 302 g/mol. The third-order valence-electron chi connectivity index (χ3n) is 4.72. The summed E-state index contributed by atoms with van der Waals surface area (Å²) in [6.07, 6.45) is 6.19. The minimum atomic E-state index is -0.0592. The molecule has 0 saturated heterocycles. The molecule has 0 aromatic carbocycles. The third kappa shape index (κ3) is 3.80. The Morgan fingerprint density at radius 1 is 1.41 bits per heavy atom. The first-order valence-electron chi connectivity index (χ1n) is 8.01. The molecule has 3 rings (SSSR count). The Morgan fingerprint density at radius 2 is 2.18 bits per heavy atom. The maximum Gasteiger partial charge on any atom is 0.272 e. The lowest BCUT2D eigenvalue weighted by atomic mass is 10.1. The summed E-state index contributed by atoms with van der Waals surface area (Å²) in [6.45, 7) is 3.27. The van der Waals surface area contributed by atoms with Crippen molar-refractivity contribution in [1.82, 2.24) is 25.7 Å². The number of halogens is 1. The summed E-state index contributed by atoms with van der Waals surface area (Å²) in [5.74, 6) is -0.0592. The maximum absolute atomic E-state index is 12.2. The number of aromatic nitrogens is 2. The predicted octanol–water partition coefficient (Wildman–Crippen LogP) is 1.08. The molecule has 1 fully saturated rings. The topological polar surface area (TPSA) is 73.0 Å². The number of hydrogen-bond donors (Lipinski definition) is 3. The number of amides is 1. The van der Waals surface area contributed by atoms with Crippen LogP contribution >= 0.6 is 12.4 Å². The van der Waals surface area contributed by atoms with Crippen LogP contribution < -0.4 is 10.6 Å². The molecule has 0 bridgehead atoms. The quantitative estimate of drug-likeness (QED) is 0.756. The molecule has 6 nitrogen and oxygen atoms in total. The van der Waals surface area contributed by atoms with Crippen LogP contribution in [0.2, 0.25) is 0 Å². The molecule has 1 aromatic heterocycles. The summed E-state index contributed by atoms with van der Waals surface area (Å²) in [5.41, 5.74) is 2.69. The van der Waals surface area contributed by atoms with Crippen molar-refractivity contribution in [2.75, 3.05) is 26.7 Å². The van der Waals surface area contributed by atoms with Crippen molar-refractivity contribution in [3.8, 4) is 0 Å². The van der Waals surface area contributed by atoms with E-state index in [1.807, 2.05) is 0 Å². The largest absolute Gasteiger partial charge is 0.349 e. The summed E-state index contributed by atoms with van der Waals surface area (Å²) < 4.78 is 0. The average molecular weight is 328 g/mol. The highest BCUT2D eigenvalue weighted by molar-refractivity contribution is 5.94. The minimum absolute atomic E-state index is 0. The van der Waals surface area contributed by atoms with E-state index in [1.54, 1.807) is 0 Å². The summed E-state index contributed by atoms with van der Waals surface area (Å²) in [5, 5.41) is 13.5. The molecule has 0 unspecified atom stereocenters. The standard InChI is InChI=1S/C15H25N5O.ClH/c1-20(11-4-2-3-5-11)9-8-17-15(21)14-12-10-16-7-6-13(12)18-19-14;/h11,16H,2-10H2,1H3,(H,17,21)(H,18,19);1H. The van der Waals surface area contributed by atoms with Crippen LogP contribution in [-0.2, 0) is 13.0 Å². The Bertz CT molecular complexity index is 498. The zero-order valence-corrected chi connectivity index (χ0v) is 14.0. The van der Waals surface area contributed by atoms with Crippen molar-refractivity contribution in [3.05, 3.63) is 17.0 Å². The molecular formula is C15H26ClN5O. The van der Waals surface area contributed by atoms with Gasteiger partial charge in [0, 0.05) is 49.9 Å². The van der Waals surface area contributed by atoms with Gasteiger partial charge in [-0.15, -0.1) is 12.4 Å². The van der Waals surface area contributed by atoms with Gasteiger partial charge in [-0.1, -0.05) is 12.8 Å². The van der Waals surface area contributed by atoms with Gasteiger partial charge in [0.15, 0.2) is 5.69 Å². The summed E-state index contributed by atoms with van der Waals surface area (Å²) in [4.78, 5) is 14.6. The SMILES string of the molecule is CN(CCNC(=O)c1n[nH]c2c1CNCC2)C1CCCC1.Cl. The molecule has 1 amide bonds. The first kappa shape index (κ1) is 17.2. The molecule has 22 heavy (non-hydrogen) atoms. The zero-order chi connectivity index (χ0) is 14.7. The van der Waals surface area contributed by atoms with Crippen LogP contribution in [0, 0.1) is 0 Å². The number of carbonyl (C=O) groups is 1. The smallest absolute Gasteiger partial charge is 0.272 e. The van der Waals surface area contributed by atoms with Gasteiger partial charge in [0.25, 0.3) is 5.91 Å². The predicted molar refractivity (Wildman–Crippen MR) is 88.5 cm³/mol. The number of rotatable bonds is 5. The van der Waals surface area contributed by atoms with Crippen LogP contribution in [0.25, 0.3) is 0 Å². The Labute approximate surface area is 137 Å². The van der Waals surface area contributed by atoms with Crippen LogP contribution in [0.4, 0.5) is 0 Å². The molecule has 1 aliphatic heterocycles. The number of H-pyrrole nitrogens is 1. The zero-order valence-electron chi connectivity index (χ0n) is 13.2. The van der Waals surface area contributed by atoms with Crippen molar-refractivity contribution < 1.29 is 4.79 Å².